The molecule has 5 fully saturated rings. The summed E-state index contributed by atoms with van der Waals surface area (Å²) in [6.07, 6.45) is 11.0. The summed E-state index contributed by atoms with van der Waals surface area (Å²) in [7, 11) is 0. The maximum atomic E-state index is 12.9. The molecule has 5 aliphatic rings. The Bertz CT molecular complexity index is 658. The van der Waals surface area contributed by atoms with E-state index in [-0.39, 0.29) is 5.41 Å². The van der Waals surface area contributed by atoms with E-state index in [0.717, 1.165) is 63.5 Å². The lowest BCUT2D eigenvalue weighted by molar-refractivity contribution is -0.132. The fraction of sp³-hybridized carbons (Fsp3) is 0.762. The quantitative estimate of drug-likeness (QED) is 0.777. The minimum atomic E-state index is 0.0227. The average molecular weight is 370 g/mol. The van der Waals surface area contributed by atoms with Gasteiger partial charge in [0.25, 0.3) is 0 Å². The number of nitrogens with one attached hydrogen (secondary N) is 1. The highest BCUT2D eigenvalue weighted by molar-refractivity contribution is 5.84. The molecule has 1 aromatic rings. The van der Waals surface area contributed by atoms with E-state index in [4.69, 9.17) is 0 Å². The lowest BCUT2D eigenvalue weighted by Crippen LogP contribution is -2.48. The zero-order valence-corrected chi connectivity index (χ0v) is 16.1. The molecule has 0 aromatic carbocycles. The summed E-state index contributed by atoms with van der Waals surface area (Å²) in [5, 5.41) is 3.31. The lowest BCUT2D eigenvalue weighted by Gasteiger charge is -2.35. The van der Waals surface area contributed by atoms with Gasteiger partial charge in [-0.15, -0.1) is 0 Å². The SMILES string of the molecule is O=C(NCCCN1CCN(c2ncccn2)CC1)C12C[C@@H]3CC1C[C@@H](C3)C2. The highest BCUT2D eigenvalue weighted by Gasteiger charge is 2.61. The van der Waals surface area contributed by atoms with Crippen molar-refractivity contribution in [2.24, 2.45) is 23.2 Å². The molecule has 1 amide bonds. The van der Waals surface area contributed by atoms with E-state index in [1.54, 1.807) is 12.4 Å². The Morgan fingerprint density at radius 1 is 1.07 bits per heavy atom. The number of aromatic nitrogens is 2. The third-order valence-electron chi connectivity index (χ3n) is 7.59. The Morgan fingerprint density at radius 3 is 2.48 bits per heavy atom. The van der Waals surface area contributed by atoms with Gasteiger partial charge in [-0.05, 0) is 68.9 Å². The van der Waals surface area contributed by atoms with E-state index in [2.05, 4.69) is 25.1 Å². The first-order valence-electron chi connectivity index (χ1n) is 10.8. The molecule has 4 bridgehead atoms. The predicted molar refractivity (Wildman–Crippen MR) is 104 cm³/mol. The van der Waals surface area contributed by atoms with Crippen molar-refractivity contribution in [1.82, 2.24) is 20.2 Å². The lowest BCUT2D eigenvalue weighted by atomic mass is 9.75. The van der Waals surface area contributed by atoms with Crippen LogP contribution in [0.1, 0.15) is 38.5 Å². The largest absolute Gasteiger partial charge is 0.356 e. The van der Waals surface area contributed by atoms with E-state index >= 15 is 0 Å². The normalized spacial score (nSPS) is 35.0. The first-order chi connectivity index (χ1) is 13.2. The van der Waals surface area contributed by atoms with Gasteiger partial charge in [-0.1, -0.05) is 0 Å². The summed E-state index contributed by atoms with van der Waals surface area (Å²) in [4.78, 5) is 26.4. The smallest absolute Gasteiger partial charge is 0.226 e. The van der Waals surface area contributed by atoms with Gasteiger partial charge < -0.3 is 10.2 Å². The maximum absolute atomic E-state index is 12.9. The average Bonchev–Trinajstić information content (AvgIpc) is 3.11. The molecular formula is C21H31N5O. The van der Waals surface area contributed by atoms with Gasteiger partial charge in [-0.2, -0.15) is 0 Å². The van der Waals surface area contributed by atoms with Gasteiger partial charge in [0.15, 0.2) is 0 Å². The summed E-state index contributed by atoms with van der Waals surface area (Å²) in [6.45, 7) is 5.92. The summed E-state index contributed by atoms with van der Waals surface area (Å²) >= 11 is 0. The van der Waals surface area contributed by atoms with Crippen LogP contribution >= 0.6 is 0 Å². The van der Waals surface area contributed by atoms with E-state index in [0.29, 0.717) is 11.8 Å². The van der Waals surface area contributed by atoms with Gasteiger partial charge in [-0.25, -0.2) is 9.97 Å². The molecule has 4 saturated carbocycles. The third-order valence-corrected chi connectivity index (χ3v) is 7.59. The first kappa shape index (κ1) is 17.4. The van der Waals surface area contributed by atoms with Crippen molar-refractivity contribution in [2.45, 2.75) is 38.5 Å². The number of rotatable bonds is 6. The second-order valence-electron chi connectivity index (χ2n) is 9.19. The summed E-state index contributed by atoms with van der Waals surface area (Å²) < 4.78 is 0. The van der Waals surface area contributed by atoms with Gasteiger partial charge in [0, 0.05) is 45.1 Å². The third kappa shape index (κ3) is 3.22. The van der Waals surface area contributed by atoms with Crippen molar-refractivity contribution in [3.05, 3.63) is 18.5 Å². The molecule has 2 unspecified atom stereocenters. The Kier molecular flexibility index (Phi) is 4.54. The minimum Gasteiger partial charge on any atom is -0.356 e. The van der Waals surface area contributed by atoms with Crippen molar-refractivity contribution >= 4 is 11.9 Å². The number of hydrogen-bond acceptors (Lipinski definition) is 5. The number of carbonyl (C=O) groups excluding carboxylic acids is 1. The molecule has 4 atom stereocenters. The van der Waals surface area contributed by atoms with Crippen molar-refractivity contribution in [2.75, 3.05) is 44.2 Å². The van der Waals surface area contributed by atoms with E-state index < -0.39 is 0 Å². The molecule has 2 heterocycles. The number of carbonyl (C=O) groups is 1. The molecule has 0 radical (unpaired) electrons. The Balaban J connectivity index is 1.03. The van der Waals surface area contributed by atoms with E-state index in [1.165, 1.54) is 32.1 Å². The van der Waals surface area contributed by atoms with Gasteiger partial charge in [-0.3, -0.25) is 9.69 Å². The second-order valence-corrected chi connectivity index (χ2v) is 9.19. The predicted octanol–water partition coefficient (Wildman–Crippen LogP) is 1.93. The van der Waals surface area contributed by atoms with Crippen LogP contribution in [-0.4, -0.2) is 60.0 Å². The van der Waals surface area contributed by atoms with Crippen molar-refractivity contribution in [1.29, 1.82) is 0 Å². The molecule has 1 aliphatic heterocycles. The zero-order chi connectivity index (χ0) is 18.3. The van der Waals surface area contributed by atoms with Crippen LogP contribution in [0, 0.1) is 23.2 Å². The van der Waals surface area contributed by atoms with Crippen LogP contribution in [0.5, 0.6) is 0 Å². The molecule has 27 heavy (non-hydrogen) atoms. The Labute approximate surface area is 161 Å². The highest BCUT2D eigenvalue weighted by Crippen LogP contribution is 2.65. The van der Waals surface area contributed by atoms with Crippen molar-refractivity contribution < 1.29 is 4.79 Å². The van der Waals surface area contributed by atoms with Crippen LogP contribution in [0.4, 0.5) is 5.95 Å². The molecule has 1 N–H and O–H groups in total. The molecule has 1 saturated heterocycles. The molecular weight excluding hydrogens is 338 g/mol. The molecule has 0 spiro atoms. The molecule has 6 heteroatoms. The first-order valence-corrected chi connectivity index (χ1v) is 10.8. The van der Waals surface area contributed by atoms with Crippen LogP contribution in [0.15, 0.2) is 18.5 Å². The van der Waals surface area contributed by atoms with Crippen LogP contribution in [0.25, 0.3) is 0 Å². The van der Waals surface area contributed by atoms with Crippen molar-refractivity contribution in [3.63, 3.8) is 0 Å². The Hall–Kier alpha value is -1.69. The summed E-state index contributed by atoms with van der Waals surface area (Å²) in [5.74, 6) is 3.60. The molecule has 4 aliphatic carbocycles. The molecule has 6 nitrogen and oxygen atoms in total. The van der Waals surface area contributed by atoms with Crippen LogP contribution in [-0.2, 0) is 4.79 Å². The number of nitrogens with zero attached hydrogens (tertiary/aromatic N) is 4. The molecule has 1 aromatic heterocycles. The van der Waals surface area contributed by atoms with Crippen molar-refractivity contribution in [3.8, 4) is 0 Å². The summed E-state index contributed by atoms with van der Waals surface area (Å²) in [6, 6.07) is 1.86. The topological polar surface area (TPSA) is 61.4 Å². The number of amides is 1. The number of anilines is 1. The maximum Gasteiger partial charge on any atom is 0.226 e. The summed E-state index contributed by atoms with van der Waals surface area (Å²) in [5.41, 5.74) is 0.0227. The van der Waals surface area contributed by atoms with E-state index in [1.807, 2.05) is 6.07 Å². The standard InChI is InChI=1S/C21H31N5O/c27-19(21-14-16-11-17(15-21)13-18(21)12-16)22-5-2-6-25-7-9-26(10-8-25)20-23-3-1-4-24-20/h1,3-4,16-18H,2,5-15H2,(H,22,27)/t16-,17+,18?,21?. The molecule has 6 rings (SSSR count). The number of hydrogen-bond donors (Lipinski definition) is 1. The fourth-order valence-corrected chi connectivity index (χ4v) is 6.47. The van der Waals surface area contributed by atoms with Crippen LogP contribution in [0.2, 0.25) is 0 Å². The van der Waals surface area contributed by atoms with Gasteiger partial charge in [0.1, 0.15) is 0 Å². The molecule has 146 valence electrons. The van der Waals surface area contributed by atoms with E-state index in [9.17, 15) is 4.79 Å². The number of piperazine rings is 1. The van der Waals surface area contributed by atoms with Gasteiger partial charge in [0.05, 0.1) is 5.41 Å². The fourth-order valence-electron chi connectivity index (χ4n) is 6.47. The Morgan fingerprint density at radius 2 is 1.78 bits per heavy atom. The highest BCUT2D eigenvalue weighted by atomic mass is 16.2. The second kappa shape index (κ2) is 7.04. The monoisotopic (exact) mass is 369 g/mol. The minimum absolute atomic E-state index is 0.0227. The van der Waals surface area contributed by atoms with Crippen LogP contribution in [0.3, 0.4) is 0 Å². The van der Waals surface area contributed by atoms with Gasteiger partial charge >= 0.3 is 0 Å². The zero-order valence-electron chi connectivity index (χ0n) is 16.1. The van der Waals surface area contributed by atoms with Gasteiger partial charge in [0.2, 0.25) is 11.9 Å². The van der Waals surface area contributed by atoms with Crippen LogP contribution < -0.4 is 10.2 Å².